The maximum Gasteiger partial charge on any atom is 0.261 e. The lowest BCUT2D eigenvalue weighted by Crippen LogP contribution is -2.36. The Balaban J connectivity index is 1.58. The van der Waals surface area contributed by atoms with Gasteiger partial charge in [0.25, 0.3) is 10.0 Å². The topological polar surface area (TPSA) is 92.8 Å². The third-order valence-electron chi connectivity index (χ3n) is 5.77. The summed E-state index contributed by atoms with van der Waals surface area (Å²) in [6.45, 7) is 4.24. The number of nitrogens with one attached hydrogen (secondary N) is 1. The number of anilines is 1. The van der Waals surface area contributed by atoms with Crippen LogP contribution in [0.5, 0.6) is 5.75 Å². The van der Waals surface area contributed by atoms with Crippen molar-refractivity contribution in [3.63, 3.8) is 0 Å². The number of ether oxygens (including phenoxy) is 1. The second-order valence-electron chi connectivity index (χ2n) is 8.12. The Kier molecular flexibility index (Phi) is 6.22. The van der Waals surface area contributed by atoms with Crippen LogP contribution >= 0.6 is 0 Å². The van der Waals surface area contributed by atoms with Crippen LogP contribution in [0.4, 0.5) is 5.69 Å². The Labute approximate surface area is 195 Å². The summed E-state index contributed by atoms with van der Waals surface area (Å²) in [5.41, 5.74) is 3.87. The van der Waals surface area contributed by atoms with E-state index in [1.807, 2.05) is 13.0 Å². The van der Waals surface area contributed by atoms with E-state index in [0.717, 1.165) is 16.7 Å². The minimum Gasteiger partial charge on any atom is -0.496 e. The quantitative estimate of drug-likeness (QED) is 0.571. The van der Waals surface area contributed by atoms with Crippen LogP contribution in [-0.4, -0.2) is 34.8 Å². The van der Waals surface area contributed by atoms with Crippen molar-refractivity contribution in [3.8, 4) is 5.75 Å². The van der Waals surface area contributed by atoms with Gasteiger partial charge < -0.3 is 4.74 Å². The second-order valence-corrected chi connectivity index (χ2v) is 11.7. The van der Waals surface area contributed by atoms with Gasteiger partial charge in [0, 0.05) is 18.8 Å². The van der Waals surface area contributed by atoms with Crippen molar-refractivity contribution in [3.05, 3.63) is 82.9 Å². The van der Waals surface area contributed by atoms with Gasteiger partial charge in [0.2, 0.25) is 10.0 Å². The highest BCUT2D eigenvalue weighted by Gasteiger charge is 2.28. The zero-order valence-electron chi connectivity index (χ0n) is 18.7. The van der Waals surface area contributed by atoms with Gasteiger partial charge in [0.1, 0.15) is 5.75 Å². The lowest BCUT2D eigenvalue weighted by Gasteiger charge is -2.28. The molecule has 9 heteroatoms. The third-order valence-corrected chi connectivity index (χ3v) is 9.01. The smallest absolute Gasteiger partial charge is 0.261 e. The predicted molar refractivity (Wildman–Crippen MR) is 127 cm³/mol. The number of sulfonamides is 2. The fourth-order valence-electron chi connectivity index (χ4n) is 3.89. The molecule has 0 amide bonds. The normalized spacial score (nSPS) is 14.5. The van der Waals surface area contributed by atoms with Crippen molar-refractivity contribution < 1.29 is 21.6 Å². The molecule has 1 aliphatic heterocycles. The van der Waals surface area contributed by atoms with Gasteiger partial charge in [0.15, 0.2) is 0 Å². The molecule has 4 rings (SSSR count). The van der Waals surface area contributed by atoms with Crippen molar-refractivity contribution in [1.29, 1.82) is 0 Å². The number of nitrogens with zero attached hydrogens (tertiary/aromatic N) is 1. The third kappa shape index (κ3) is 4.75. The molecule has 3 aromatic rings. The Morgan fingerprint density at radius 2 is 1.55 bits per heavy atom. The number of methoxy groups -OCH3 is 1. The molecule has 174 valence electrons. The zero-order valence-corrected chi connectivity index (χ0v) is 20.3. The minimum absolute atomic E-state index is 0.127. The molecular formula is C24H26N2O5S2. The fraction of sp³-hybridized carbons (Fsp3) is 0.250. The molecule has 0 spiro atoms. The van der Waals surface area contributed by atoms with Crippen molar-refractivity contribution >= 4 is 25.7 Å². The van der Waals surface area contributed by atoms with Crippen LogP contribution in [0.15, 0.2) is 70.5 Å². The molecule has 0 fully saturated rings. The van der Waals surface area contributed by atoms with E-state index in [0.29, 0.717) is 30.0 Å². The molecular weight excluding hydrogens is 460 g/mol. The molecule has 1 heterocycles. The maximum atomic E-state index is 13.1. The molecule has 0 saturated carbocycles. The molecule has 1 N–H and O–H groups in total. The zero-order chi connectivity index (χ0) is 23.8. The minimum atomic E-state index is -3.81. The Morgan fingerprint density at radius 1 is 0.848 bits per heavy atom. The Morgan fingerprint density at radius 3 is 2.21 bits per heavy atom. The first-order valence-corrected chi connectivity index (χ1v) is 13.4. The summed E-state index contributed by atoms with van der Waals surface area (Å²) in [7, 11) is -5.92. The molecule has 0 aromatic heterocycles. The fourth-order valence-corrected chi connectivity index (χ4v) is 6.44. The van der Waals surface area contributed by atoms with E-state index in [1.54, 1.807) is 55.5 Å². The standard InChI is InChI=1S/C24H26N2O5S2/c1-17-4-8-22(9-5-17)33(29,30)26-13-12-19-6-7-21(15-20(19)16-26)25-32(27,28)23-10-11-24(31-3)18(2)14-23/h4-11,14-15,25H,12-13,16H2,1-3H3. The molecule has 0 bridgehead atoms. The van der Waals surface area contributed by atoms with Crippen LogP contribution in [0.25, 0.3) is 0 Å². The first-order valence-electron chi connectivity index (χ1n) is 10.5. The van der Waals surface area contributed by atoms with Crippen LogP contribution in [0.2, 0.25) is 0 Å². The van der Waals surface area contributed by atoms with Crippen molar-refractivity contribution in [2.45, 2.75) is 36.6 Å². The summed E-state index contributed by atoms with van der Waals surface area (Å²) < 4.78 is 61.2. The number of rotatable bonds is 6. The van der Waals surface area contributed by atoms with Crippen LogP contribution in [0.3, 0.4) is 0 Å². The molecule has 0 saturated heterocycles. The molecule has 1 aliphatic rings. The summed E-state index contributed by atoms with van der Waals surface area (Å²) in [5, 5.41) is 0. The van der Waals surface area contributed by atoms with Gasteiger partial charge in [-0.15, -0.1) is 0 Å². The Bertz CT molecular complexity index is 1400. The first-order chi connectivity index (χ1) is 15.6. The molecule has 7 nitrogen and oxygen atoms in total. The summed E-state index contributed by atoms with van der Waals surface area (Å²) >= 11 is 0. The molecule has 3 aromatic carbocycles. The first kappa shape index (κ1) is 23.3. The van der Waals surface area contributed by atoms with E-state index < -0.39 is 20.0 Å². The second kappa shape index (κ2) is 8.81. The highest BCUT2D eigenvalue weighted by molar-refractivity contribution is 7.92. The van der Waals surface area contributed by atoms with Gasteiger partial charge in [-0.2, -0.15) is 4.31 Å². The van der Waals surface area contributed by atoms with Gasteiger partial charge in [0.05, 0.1) is 16.9 Å². The molecule has 33 heavy (non-hydrogen) atoms. The average molecular weight is 487 g/mol. The number of benzene rings is 3. The molecule has 0 radical (unpaired) electrons. The molecule has 0 aliphatic carbocycles. The van der Waals surface area contributed by atoms with Crippen LogP contribution < -0.4 is 9.46 Å². The number of hydrogen-bond acceptors (Lipinski definition) is 5. The van der Waals surface area contributed by atoms with Gasteiger partial charge in [-0.1, -0.05) is 23.8 Å². The maximum absolute atomic E-state index is 13.1. The number of aryl methyl sites for hydroxylation is 2. The monoisotopic (exact) mass is 486 g/mol. The van der Waals surface area contributed by atoms with E-state index >= 15 is 0 Å². The van der Waals surface area contributed by atoms with Crippen LogP contribution in [0.1, 0.15) is 22.3 Å². The van der Waals surface area contributed by atoms with Gasteiger partial charge in [-0.05, 0) is 79.4 Å². The van der Waals surface area contributed by atoms with Crippen molar-refractivity contribution in [1.82, 2.24) is 4.31 Å². The number of hydrogen-bond donors (Lipinski definition) is 1. The lowest BCUT2D eigenvalue weighted by molar-refractivity contribution is 0.391. The van der Waals surface area contributed by atoms with Crippen molar-refractivity contribution in [2.75, 3.05) is 18.4 Å². The summed E-state index contributed by atoms with van der Waals surface area (Å²) in [6, 6.07) is 16.7. The van der Waals surface area contributed by atoms with E-state index in [1.165, 1.54) is 17.5 Å². The number of fused-ring (bicyclic) bond motifs is 1. The largest absolute Gasteiger partial charge is 0.496 e. The van der Waals surface area contributed by atoms with Gasteiger partial charge >= 0.3 is 0 Å². The summed E-state index contributed by atoms with van der Waals surface area (Å²) in [4.78, 5) is 0.380. The van der Waals surface area contributed by atoms with Crippen LogP contribution in [0, 0.1) is 13.8 Å². The van der Waals surface area contributed by atoms with E-state index in [2.05, 4.69) is 4.72 Å². The van der Waals surface area contributed by atoms with E-state index in [9.17, 15) is 16.8 Å². The average Bonchev–Trinajstić information content (AvgIpc) is 2.78. The molecule has 0 atom stereocenters. The SMILES string of the molecule is COc1ccc(S(=O)(=O)Nc2ccc3c(c2)CN(S(=O)(=O)c2ccc(C)cc2)CC3)cc1C. The molecule has 0 unspecified atom stereocenters. The van der Waals surface area contributed by atoms with E-state index in [-0.39, 0.29) is 16.3 Å². The Hall–Kier alpha value is -2.88. The summed E-state index contributed by atoms with van der Waals surface area (Å²) in [5.74, 6) is 0.609. The highest BCUT2D eigenvalue weighted by atomic mass is 32.2. The van der Waals surface area contributed by atoms with Crippen molar-refractivity contribution in [2.24, 2.45) is 0 Å². The van der Waals surface area contributed by atoms with Crippen LogP contribution in [-0.2, 0) is 33.0 Å². The van der Waals surface area contributed by atoms with Gasteiger partial charge in [-0.25, -0.2) is 16.8 Å². The predicted octanol–water partition coefficient (Wildman–Crippen LogP) is 3.86. The summed E-state index contributed by atoms with van der Waals surface area (Å²) in [6.07, 6.45) is 0.561. The van der Waals surface area contributed by atoms with Gasteiger partial charge in [-0.3, -0.25) is 4.72 Å². The lowest BCUT2D eigenvalue weighted by atomic mass is 10.0. The van der Waals surface area contributed by atoms with E-state index in [4.69, 9.17) is 4.74 Å². The highest BCUT2D eigenvalue weighted by Crippen LogP contribution is 2.29.